The van der Waals surface area contributed by atoms with Crippen LogP contribution >= 0.6 is 0 Å². The summed E-state index contributed by atoms with van der Waals surface area (Å²) in [6.45, 7) is -0.676. The summed E-state index contributed by atoms with van der Waals surface area (Å²) < 4.78 is 17.4. The molecule has 0 saturated carbocycles. The quantitative estimate of drug-likeness (QED) is 0.562. The molecule has 0 aliphatic heterocycles. The van der Waals surface area contributed by atoms with Gasteiger partial charge in [-0.2, -0.15) is 0 Å². The Bertz CT molecular complexity index is 632. The summed E-state index contributed by atoms with van der Waals surface area (Å²) in [7, 11) is 0. The van der Waals surface area contributed by atoms with Crippen molar-refractivity contribution in [2.24, 2.45) is 0 Å². The average molecular weight is 351 g/mol. The third-order valence-electron chi connectivity index (χ3n) is 2.04. The van der Waals surface area contributed by atoms with Crippen molar-refractivity contribution in [1.82, 2.24) is 0 Å². The molecule has 10 heteroatoms. The van der Waals surface area contributed by atoms with E-state index in [9.17, 15) is 9.59 Å². The van der Waals surface area contributed by atoms with Gasteiger partial charge in [0, 0.05) is 12.1 Å². The maximum absolute atomic E-state index is 10.6. The summed E-state index contributed by atoms with van der Waals surface area (Å²) in [5, 5.41) is 34.2. The van der Waals surface area contributed by atoms with Crippen molar-refractivity contribution in [1.29, 1.82) is 0 Å². The van der Waals surface area contributed by atoms with Gasteiger partial charge in [-0.15, -0.1) is 0 Å². The second-order valence-corrected chi connectivity index (χ2v) is 3.51. The minimum atomic E-state index is -0.546. The van der Waals surface area contributed by atoms with Gasteiger partial charge in [0.1, 0.15) is 37.3 Å². The van der Waals surface area contributed by atoms with Crippen molar-refractivity contribution in [3.05, 3.63) is 56.6 Å². The molecule has 0 spiro atoms. The molecule has 2 aromatic rings. The zero-order valence-electron chi connectivity index (χ0n) is 11.0. The van der Waals surface area contributed by atoms with Crippen molar-refractivity contribution in [2.75, 3.05) is 0 Å². The van der Waals surface area contributed by atoms with Crippen LogP contribution in [0.5, 0.6) is 11.5 Å². The summed E-state index contributed by atoms with van der Waals surface area (Å²) in [5.41, 5.74) is -1.09. The van der Waals surface area contributed by atoms with Crippen LogP contribution in [-0.4, -0.2) is 20.4 Å². The molecule has 2 rings (SSSR count). The monoisotopic (exact) mass is 351 g/mol. The van der Waals surface area contributed by atoms with Gasteiger partial charge in [0.05, 0.1) is 0 Å². The average Bonchev–Trinajstić information content (AvgIpc) is 2.55. The van der Waals surface area contributed by atoms with E-state index in [1.165, 1.54) is 0 Å². The molecule has 0 bridgehead atoms. The summed E-state index contributed by atoms with van der Waals surface area (Å²) >= 11 is 1.06. The Labute approximate surface area is 132 Å². The van der Waals surface area contributed by atoms with Crippen LogP contribution in [0.1, 0.15) is 11.5 Å². The fraction of sp³-hybridized carbons (Fsp3) is 0.167. The molecule has 9 nitrogen and oxygen atoms in total. The Morgan fingerprint density at radius 3 is 1.36 bits per heavy atom. The van der Waals surface area contributed by atoms with Crippen molar-refractivity contribution in [3.8, 4) is 11.5 Å². The van der Waals surface area contributed by atoms with E-state index in [1.54, 1.807) is 0 Å². The molecule has 0 fully saturated rings. The fourth-order valence-electron chi connectivity index (χ4n) is 1.05. The zero-order chi connectivity index (χ0) is 17.1. The molecule has 22 heavy (non-hydrogen) atoms. The predicted molar refractivity (Wildman–Crippen MR) is 65.8 cm³/mol. The second-order valence-electron chi connectivity index (χ2n) is 3.51. The fourth-order valence-corrected chi connectivity index (χ4v) is 1.05. The Morgan fingerprint density at radius 1 is 0.818 bits per heavy atom. The van der Waals surface area contributed by atoms with Crippen LogP contribution in [0.25, 0.3) is 0 Å². The third kappa shape index (κ3) is 6.50. The van der Waals surface area contributed by atoms with E-state index in [2.05, 4.69) is 8.83 Å². The molecule has 2 aromatic heterocycles. The summed E-state index contributed by atoms with van der Waals surface area (Å²) in [6, 6.07) is 2.07. The van der Waals surface area contributed by atoms with Gasteiger partial charge >= 0.3 is 21.0 Å². The number of aliphatic hydroxyl groups is 2. The summed E-state index contributed by atoms with van der Waals surface area (Å²) in [5.74, 6) is -0.611. The predicted octanol–water partition coefficient (Wildman–Crippen LogP) is -0.446. The van der Waals surface area contributed by atoms with Crippen molar-refractivity contribution in [3.63, 3.8) is 0 Å². The Kier molecular flexibility index (Phi) is 9.47. The molecule has 4 N–H and O–H groups in total. The summed E-state index contributed by atoms with van der Waals surface area (Å²) in [4.78, 5) is 21.2. The SMILES string of the molecule is O=c1cc(CO)occ1O.O=c1cc(CO)occ1O.[O]=[V]. The standard InChI is InChI=1S/2C6H6O4.O.V/c2*7-2-4-1-5(8)6(9)3-10-4;;/h2*1,3,7,9H,2H2;;. The van der Waals surface area contributed by atoms with Crippen molar-refractivity contribution < 1.29 is 50.3 Å². The molecule has 2 heterocycles. The van der Waals surface area contributed by atoms with Gasteiger partial charge in [0.2, 0.25) is 10.9 Å². The molecule has 0 amide bonds. The first-order valence-electron chi connectivity index (χ1n) is 5.49. The van der Waals surface area contributed by atoms with E-state index in [-0.39, 0.29) is 24.7 Å². The zero-order valence-corrected chi connectivity index (χ0v) is 12.4. The van der Waals surface area contributed by atoms with Crippen LogP contribution in [0, 0.1) is 0 Å². The van der Waals surface area contributed by atoms with E-state index >= 15 is 0 Å². The number of rotatable bonds is 2. The Hall–Kier alpha value is -2.20. The number of hydrogen-bond donors (Lipinski definition) is 4. The number of aliphatic hydroxyl groups excluding tert-OH is 2. The van der Waals surface area contributed by atoms with Gasteiger partial charge in [-0.05, 0) is 0 Å². The van der Waals surface area contributed by atoms with Crippen molar-refractivity contribution >= 4 is 0 Å². The molecule has 0 aliphatic carbocycles. The first kappa shape index (κ1) is 19.8. The van der Waals surface area contributed by atoms with Crippen molar-refractivity contribution in [2.45, 2.75) is 13.2 Å². The number of hydrogen-bond acceptors (Lipinski definition) is 9. The molecular weight excluding hydrogens is 339 g/mol. The van der Waals surface area contributed by atoms with Gasteiger partial charge < -0.3 is 29.3 Å². The van der Waals surface area contributed by atoms with Gasteiger partial charge in [0.25, 0.3) is 0 Å². The molecule has 0 unspecified atom stereocenters. The molecule has 0 atom stereocenters. The van der Waals surface area contributed by atoms with Crippen LogP contribution in [0.3, 0.4) is 0 Å². The molecule has 0 aromatic carbocycles. The van der Waals surface area contributed by atoms with Crippen LogP contribution in [-0.2, 0) is 34.3 Å². The van der Waals surface area contributed by atoms with Gasteiger partial charge in [-0.1, -0.05) is 0 Å². The van der Waals surface area contributed by atoms with Crippen LogP contribution < -0.4 is 10.9 Å². The summed E-state index contributed by atoms with van der Waals surface area (Å²) in [6.07, 6.45) is 1.79. The topological polar surface area (TPSA) is 158 Å². The van der Waals surface area contributed by atoms with E-state index in [0.29, 0.717) is 0 Å². The molecular formula is C12H12O9V. The van der Waals surface area contributed by atoms with Crippen LogP contribution in [0.2, 0.25) is 0 Å². The maximum atomic E-state index is 10.6. The Morgan fingerprint density at radius 2 is 1.14 bits per heavy atom. The van der Waals surface area contributed by atoms with E-state index in [1.807, 2.05) is 0 Å². The first-order chi connectivity index (χ1) is 10.5. The number of aromatic hydroxyl groups is 2. The van der Waals surface area contributed by atoms with Crippen LogP contribution in [0.15, 0.2) is 43.1 Å². The van der Waals surface area contributed by atoms with E-state index in [0.717, 1.165) is 42.0 Å². The normalized spacial score (nSPS) is 8.95. The van der Waals surface area contributed by atoms with Gasteiger partial charge in [0.15, 0.2) is 11.5 Å². The third-order valence-corrected chi connectivity index (χ3v) is 2.04. The van der Waals surface area contributed by atoms with E-state index in [4.69, 9.17) is 24.1 Å². The molecule has 0 aliphatic rings. The van der Waals surface area contributed by atoms with E-state index < -0.39 is 22.4 Å². The molecule has 119 valence electrons. The van der Waals surface area contributed by atoms with Crippen LogP contribution in [0.4, 0.5) is 0 Å². The Balaban J connectivity index is 0.000000360. The minimum absolute atomic E-state index is 0.141. The van der Waals surface area contributed by atoms with Gasteiger partial charge in [-0.25, -0.2) is 0 Å². The second kappa shape index (κ2) is 10.5. The molecule has 0 saturated heterocycles. The molecule has 0 radical (unpaired) electrons. The van der Waals surface area contributed by atoms with Gasteiger partial charge in [-0.3, -0.25) is 9.59 Å². The first-order valence-corrected chi connectivity index (χ1v) is 6.06.